The van der Waals surface area contributed by atoms with E-state index in [-0.39, 0.29) is 5.91 Å². The van der Waals surface area contributed by atoms with Gasteiger partial charge in [-0.25, -0.2) is 0 Å². The molecular weight excluding hydrogens is 246 g/mol. The number of benzene rings is 2. The quantitative estimate of drug-likeness (QED) is 0.859. The third-order valence-corrected chi connectivity index (χ3v) is 3.47. The number of amides is 1. The number of hydrogen-bond acceptors (Lipinski definition) is 1. The van der Waals surface area contributed by atoms with Crippen molar-refractivity contribution < 1.29 is 4.79 Å². The fourth-order valence-electron chi connectivity index (χ4n) is 2.13. The highest BCUT2D eigenvalue weighted by Crippen LogP contribution is 2.18. The molecule has 104 valence electrons. The summed E-state index contributed by atoms with van der Waals surface area (Å²) >= 11 is 0. The van der Waals surface area contributed by atoms with Crippen molar-refractivity contribution >= 4 is 11.6 Å². The zero-order chi connectivity index (χ0) is 14.7. The van der Waals surface area contributed by atoms with Crippen LogP contribution in [0.2, 0.25) is 0 Å². The minimum absolute atomic E-state index is 0.0523. The van der Waals surface area contributed by atoms with E-state index in [1.165, 1.54) is 5.56 Å². The molecule has 0 aliphatic carbocycles. The van der Waals surface area contributed by atoms with Gasteiger partial charge >= 0.3 is 0 Å². The van der Waals surface area contributed by atoms with Gasteiger partial charge in [0.1, 0.15) is 0 Å². The third-order valence-electron chi connectivity index (χ3n) is 3.47. The van der Waals surface area contributed by atoms with Crippen LogP contribution in [-0.4, -0.2) is 5.91 Å². The molecule has 0 aliphatic heterocycles. The molecule has 2 aromatic rings. The SMILES string of the molecule is Cc1ccc(C)c(C(=O)Nc2ccc(C(C)C)cc2)c1. The van der Waals surface area contributed by atoms with E-state index < -0.39 is 0 Å². The van der Waals surface area contributed by atoms with E-state index in [2.05, 4.69) is 31.3 Å². The molecule has 0 aliphatic rings. The van der Waals surface area contributed by atoms with Crippen molar-refractivity contribution in [2.45, 2.75) is 33.6 Å². The predicted molar refractivity (Wildman–Crippen MR) is 84.4 cm³/mol. The zero-order valence-corrected chi connectivity index (χ0v) is 12.5. The van der Waals surface area contributed by atoms with Gasteiger partial charge in [-0.1, -0.05) is 43.7 Å². The first-order valence-electron chi connectivity index (χ1n) is 6.96. The molecule has 1 amide bonds. The third kappa shape index (κ3) is 3.27. The first kappa shape index (κ1) is 14.3. The predicted octanol–water partition coefficient (Wildman–Crippen LogP) is 4.68. The fraction of sp³-hybridized carbons (Fsp3) is 0.278. The number of hydrogen-bond donors (Lipinski definition) is 1. The van der Waals surface area contributed by atoms with E-state index in [0.29, 0.717) is 5.92 Å². The minimum Gasteiger partial charge on any atom is -0.322 e. The zero-order valence-electron chi connectivity index (χ0n) is 12.5. The van der Waals surface area contributed by atoms with Crippen LogP contribution >= 0.6 is 0 Å². The van der Waals surface area contributed by atoms with E-state index in [1.807, 2.05) is 44.2 Å². The molecule has 0 saturated heterocycles. The van der Waals surface area contributed by atoms with E-state index >= 15 is 0 Å². The van der Waals surface area contributed by atoms with Crippen molar-refractivity contribution in [3.8, 4) is 0 Å². The van der Waals surface area contributed by atoms with Gasteiger partial charge in [0.05, 0.1) is 0 Å². The number of carbonyl (C=O) groups is 1. The lowest BCUT2D eigenvalue weighted by Crippen LogP contribution is -2.13. The highest BCUT2D eigenvalue weighted by atomic mass is 16.1. The minimum atomic E-state index is -0.0523. The molecule has 2 rings (SSSR count). The van der Waals surface area contributed by atoms with Gasteiger partial charge < -0.3 is 5.32 Å². The topological polar surface area (TPSA) is 29.1 Å². The summed E-state index contributed by atoms with van der Waals surface area (Å²) in [5.41, 5.74) is 4.93. The lowest BCUT2D eigenvalue weighted by molar-refractivity contribution is 0.102. The molecular formula is C18H21NO. The molecule has 2 aromatic carbocycles. The smallest absolute Gasteiger partial charge is 0.255 e. The molecule has 2 nitrogen and oxygen atoms in total. The lowest BCUT2D eigenvalue weighted by Gasteiger charge is -2.10. The van der Waals surface area contributed by atoms with Crippen LogP contribution in [0.4, 0.5) is 5.69 Å². The Balaban J connectivity index is 2.17. The Morgan fingerprint density at radius 2 is 1.65 bits per heavy atom. The number of nitrogens with one attached hydrogen (secondary N) is 1. The summed E-state index contributed by atoms with van der Waals surface area (Å²) in [5.74, 6) is 0.447. The molecule has 2 heteroatoms. The molecule has 0 heterocycles. The average Bonchev–Trinajstić information content (AvgIpc) is 2.42. The maximum absolute atomic E-state index is 12.3. The Labute approximate surface area is 120 Å². The summed E-state index contributed by atoms with van der Waals surface area (Å²) in [6, 6.07) is 14.0. The van der Waals surface area contributed by atoms with Crippen LogP contribution in [0.1, 0.15) is 46.8 Å². The van der Waals surface area contributed by atoms with Crippen LogP contribution in [0.25, 0.3) is 0 Å². The van der Waals surface area contributed by atoms with Gasteiger partial charge in [-0.2, -0.15) is 0 Å². The molecule has 1 N–H and O–H groups in total. The van der Waals surface area contributed by atoms with Crippen molar-refractivity contribution in [2.24, 2.45) is 0 Å². The van der Waals surface area contributed by atoms with Crippen LogP contribution in [0.5, 0.6) is 0 Å². The number of carbonyl (C=O) groups excluding carboxylic acids is 1. The van der Waals surface area contributed by atoms with Crippen molar-refractivity contribution in [1.82, 2.24) is 0 Å². The van der Waals surface area contributed by atoms with Crippen LogP contribution in [0.15, 0.2) is 42.5 Å². The van der Waals surface area contributed by atoms with Gasteiger partial charge in [-0.3, -0.25) is 4.79 Å². The Morgan fingerprint density at radius 1 is 1.00 bits per heavy atom. The maximum atomic E-state index is 12.3. The van der Waals surface area contributed by atoms with E-state index in [4.69, 9.17) is 0 Å². The molecule has 0 bridgehead atoms. The summed E-state index contributed by atoms with van der Waals surface area (Å²) in [4.78, 5) is 12.3. The maximum Gasteiger partial charge on any atom is 0.255 e. The van der Waals surface area contributed by atoms with Gasteiger partial charge in [-0.15, -0.1) is 0 Å². The largest absolute Gasteiger partial charge is 0.322 e. The van der Waals surface area contributed by atoms with Gasteiger partial charge in [-0.05, 0) is 49.1 Å². The average molecular weight is 267 g/mol. The number of anilines is 1. The van der Waals surface area contributed by atoms with Gasteiger partial charge in [0.15, 0.2) is 0 Å². The number of aryl methyl sites for hydroxylation is 2. The highest BCUT2D eigenvalue weighted by molar-refractivity contribution is 6.05. The summed E-state index contributed by atoms with van der Waals surface area (Å²) in [6.07, 6.45) is 0. The molecule has 20 heavy (non-hydrogen) atoms. The second kappa shape index (κ2) is 5.91. The van der Waals surface area contributed by atoms with Crippen molar-refractivity contribution in [3.05, 3.63) is 64.7 Å². The summed E-state index contributed by atoms with van der Waals surface area (Å²) in [7, 11) is 0. The van der Waals surface area contributed by atoms with Crippen LogP contribution in [-0.2, 0) is 0 Å². The van der Waals surface area contributed by atoms with Crippen LogP contribution in [0, 0.1) is 13.8 Å². The van der Waals surface area contributed by atoms with Crippen LogP contribution < -0.4 is 5.32 Å². The van der Waals surface area contributed by atoms with Gasteiger partial charge in [0, 0.05) is 11.3 Å². The summed E-state index contributed by atoms with van der Waals surface area (Å²) < 4.78 is 0. The number of rotatable bonds is 3. The standard InChI is InChI=1S/C18H21NO/c1-12(2)15-7-9-16(10-8-15)19-18(20)17-11-13(3)5-6-14(17)4/h5-12H,1-4H3,(H,19,20). The van der Waals surface area contributed by atoms with Crippen molar-refractivity contribution in [2.75, 3.05) is 5.32 Å². The molecule has 0 unspecified atom stereocenters. The second-order valence-electron chi connectivity index (χ2n) is 5.55. The monoisotopic (exact) mass is 267 g/mol. The highest BCUT2D eigenvalue weighted by Gasteiger charge is 2.09. The van der Waals surface area contributed by atoms with Gasteiger partial charge in [0.25, 0.3) is 5.91 Å². The fourth-order valence-corrected chi connectivity index (χ4v) is 2.13. The Bertz CT molecular complexity index is 612. The molecule has 0 radical (unpaired) electrons. The Hall–Kier alpha value is -2.09. The Morgan fingerprint density at radius 3 is 2.25 bits per heavy atom. The first-order valence-corrected chi connectivity index (χ1v) is 6.96. The van der Waals surface area contributed by atoms with Crippen molar-refractivity contribution in [1.29, 1.82) is 0 Å². The molecule has 0 spiro atoms. The normalized spacial score (nSPS) is 10.7. The molecule has 0 fully saturated rings. The molecule has 0 saturated carbocycles. The second-order valence-corrected chi connectivity index (χ2v) is 5.55. The summed E-state index contributed by atoms with van der Waals surface area (Å²) in [6.45, 7) is 8.26. The van der Waals surface area contributed by atoms with E-state index in [1.54, 1.807) is 0 Å². The summed E-state index contributed by atoms with van der Waals surface area (Å²) in [5, 5.41) is 2.95. The van der Waals surface area contributed by atoms with Crippen LogP contribution in [0.3, 0.4) is 0 Å². The van der Waals surface area contributed by atoms with E-state index in [0.717, 1.165) is 22.4 Å². The molecule has 0 aromatic heterocycles. The van der Waals surface area contributed by atoms with E-state index in [9.17, 15) is 4.79 Å². The van der Waals surface area contributed by atoms with Gasteiger partial charge in [0.2, 0.25) is 0 Å². The molecule has 0 atom stereocenters. The Kier molecular flexibility index (Phi) is 4.23. The van der Waals surface area contributed by atoms with Crippen molar-refractivity contribution in [3.63, 3.8) is 0 Å². The first-order chi connectivity index (χ1) is 9.47. The lowest BCUT2D eigenvalue weighted by atomic mass is 10.0.